The van der Waals surface area contributed by atoms with E-state index in [1.807, 2.05) is 4.90 Å². The Bertz CT molecular complexity index is 2050. The molecular weight excluding hydrogens is 804 g/mol. The molecule has 4 atom stereocenters. The van der Waals surface area contributed by atoms with Gasteiger partial charge in [0.1, 0.15) is 38.1 Å². The van der Waals surface area contributed by atoms with Crippen molar-refractivity contribution in [1.29, 1.82) is 0 Å². The molecule has 0 saturated carbocycles. The molecule has 4 aliphatic rings. The predicted molar refractivity (Wildman–Crippen MR) is 215 cm³/mol. The molecule has 1 amide bonds. The van der Waals surface area contributed by atoms with Crippen LogP contribution in [0.1, 0.15) is 63.6 Å². The zero-order chi connectivity index (χ0) is 40.3. The van der Waals surface area contributed by atoms with Gasteiger partial charge < -0.3 is 54.4 Å². The summed E-state index contributed by atoms with van der Waals surface area (Å²) < 4.78 is 71.9. The van der Waals surface area contributed by atoms with Gasteiger partial charge in [-0.2, -0.15) is 8.78 Å². The van der Waals surface area contributed by atoms with Crippen LogP contribution in [0.3, 0.4) is 0 Å². The number of benzene rings is 3. The van der Waals surface area contributed by atoms with Crippen molar-refractivity contribution in [3.05, 3.63) is 81.3 Å². The highest BCUT2D eigenvalue weighted by Gasteiger charge is 2.46. The van der Waals surface area contributed by atoms with Crippen LogP contribution in [0, 0.1) is 5.82 Å². The second-order valence-electron chi connectivity index (χ2n) is 14.6. The van der Waals surface area contributed by atoms with E-state index in [2.05, 4.69) is 10.2 Å². The lowest BCUT2D eigenvalue weighted by Gasteiger charge is -2.30. The van der Waals surface area contributed by atoms with Crippen molar-refractivity contribution in [3.8, 4) is 23.0 Å². The van der Waals surface area contributed by atoms with E-state index in [0.29, 0.717) is 65.3 Å². The third-order valence-corrected chi connectivity index (χ3v) is 10.9. The monoisotopic (exact) mass is 855 g/mol. The van der Waals surface area contributed by atoms with E-state index in [-0.39, 0.29) is 57.3 Å². The Hall–Kier alpha value is -3.96. The van der Waals surface area contributed by atoms with Crippen LogP contribution < -0.4 is 30.0 Å². The molecule has 3 aromatic carbocycles. The number of nitrogens with two attached hydrogens (primary N) is 1. The molecule has 0 unspecified atom stereocenters. The summed E-state index contributed by atoms with van der Waals surface area (Å²) in [5.74, 6) is -6.12. The fourth-order valence-corrected chi connectivity index (χ4v) is 7.91. The Balaban J connectivity index is 0.000000246. The number of aliphatic hydroxyl groups excluding tert-OH is 2. The second kappa shape index (κ2) is 19.0. The van der Waals surface area contributed by atoms with Gasteiger partial charge in [-0.1, -0.05) is 30.6 Å². The standard InChI is InChI=1S/C25H24ClF3N2O5.C15H21ClN2O3.CH4.H2/c26-16-3-4-19-14(9-16)12-21(36-19)25(28,29)24(33)30-18(13-31-5-1-2-6-31)22(32)15-10-17(27)23-20(11-15)34-7-8-35-23;16-11-7-10(8-13-15(11)21-6-5-20-13)14(19)12(17)9-18-3-1-2-4-18;;/h3-4,9-12,18,22,32H,1-2,5-8,13H2,(H,30,33);7-8,12,14,19H,1-6,9,17H2;1H4;1H/t18-,22-;12-,14-;;/m11../s1/i;;;1+1. The zero-order valence-corrected chi connectivity index (χ0v) is 32.5. The summed E-state index contributed by atoms with van der Waals surface area (Å²) in [6, 6.07) is 9.87. The van der Waals surface area contributed by atoms with Gasteiger partial charge in [-0.25, -0.2) is 4.39 Å². The Morgan fingerprint density at radius 1 is 0.810 bits per heavy atom. The third-order valence-electron chi connectivity index (χ3n) is 10.4. The SMILES string of the molecule is C.N[C@H](CN1CCCC1)[C@H](O)c1cc(Cl)c2c(c1)OCCO2.O=C(N[C@H](CN1CCCC1)[C@H](O)c1cc(F)c2c(c1)OCCO2)C(F)(F)c1cc2cc(Cl)ccc2o1.[2HH]. The van der Waals surface area contributed by atoms with Crippen LogP contribution in [0.2, 0.25) is 10.0 Å². The van der Waals surface area contributed by atoms with Crippen LogP contribution in [0.25, 0.3) is 11.0 Å². The minimum absolute atomic E-state index is 0. The van der Waals surface area contributed by atoms with Crippen molar-refractivity contribution in [2.45, 2.75) is 63.3 Å². The summed E-state index contributed by atoms with van der Waals surface area (Å²) in [6.45, 7) is 5.64. The Kier molecular flexibility index (Phi) is 14.3. The predicted octanol–water partition coefficient (Wildman–Crippen LogP) is 6.85. The van der Waals surface area contributed by atoms with E-state index in [1.165, 1.54) is 37.1 Å². The quantitative estimate of drug-likeness (QED) is 0.125. The van der Waals surface area contributed by atoms with E-state index in [0.717, 1.165) is 38.1 Å². The summed E-state index contributed by atoms with van der Waals surface area (Å²) in [7, 11) is 0. The molecule has 318 valence electrons. The number of nitrogens with one attached hydrogen (secondary N) is 1. The number of fused-ring (bicyclic) bond motifs is 3. The number of nitrogens with zero attached hydrogens (tertiary/aromatic N) is 2. The van der Waals surface area contributed by atoms with Gasteiger partial charge in [-0.3, -0.25) is 4.79 Å². The van der Waals surface area contributed by atoms with Crippen LogP contribution in [0.4, 0.5) is 13.2 Å². The number of rotatable bonds is 11. The number of carbonyl (C=O) groups excluding carboxylic acids is 1. The fraction of sp³-hybridized carbons (Fsp3) is 0.488. The molecule has 0 radical (unpaired) electrons. The largest absolute Gasteiger partial charge is 0.486 e. The summed E-state index contributed by atoms with van der Waals surface area (Å²) >= 11 is 12.1. The van der Waals surface area contributed by atoms with E-state index in [4.69, 9.17) is 52.3 Å². The molecular formula is C41H51Cl2F3N4O8. The van der Waals surface area contributed by atoms with Crippen molar-refractivity contribution in [2.24, 2.45) is 5.73 Å². The Morgan fingerprint density at radius 2 is 1.38 bits per heavy atom. The zero-order valence-electron chi connectivity index (χ0n) is 31.0. The maximum absolute atomic E-state index is 15.2. The van der Waals surface area contributed by atoms with Gasteiger partial charge in [0, 0.05) is 31.0 Å². The lowest BCUT2D eigenvalue weighted by molar-refractivity contribution is -0.151. The van der Waals surface area contributed by atoms with Crippen LogP contribution in [0.15, 0.2) is 52.9 Å². The summed E-state index contributed by atoms with van der Waals surface area (Å²) in [5.41, 5.74) is 7.05. The number of alkyl halides is 2. The molecule has 2 saturated heterocycles. The van der Waals surface area contributed by atoms with Gasteiger partial charge in [-0.15, -0.1) is 0 Å². The number of ether oxygens (including phenoxy) is 4. The summed E-state index contributed by atoms with van der Waals surface area (Å²) in [6.07, 6.45) is 1.97. The first-order chi connectivity index (χ1) is 27.4. The molecule has 0 aliphatic carbocycles. The van der Waals surface area contributed by atoms with E-state index < -0.39 is 41.7 Å². The third kappa shape index (κ3) is 9.90. The number of hydrogen-bond acceptors (Lipinski definition) is 11. The van der Waals surface area contributed by atoms with Crippen molar-refractivity contribution >= 4 is 40.1 Å². The highest BCUT2D eigenvalue weighted by atomic mass is 35.5. The van der Waals surface area contributed by atoms with Crippen LogP contribution in [-0.4, -0.2) is 104 Å². The number of amides is 1. The topological polar surface area (TPSA) is 152 Å². The highest BCUT2D eigenvalue weighted by molar-refractivity contribution is 6.32. The minimum atomic E-state index is -4.04. The Morgan fingerprint density at radius 3 is 2.03 bits per heavy atom. The molecule has 0 bridgehead atoms. The molecule has 12 nitrogen and oxygen atoms in total. The van der Waals surface area contributed by atoms with Crippen LogP contribution in [-0.2, 0) is 10.7 Å². The van der Waals surface area contributed by atoms with E-state index >= 15 is 8.78 Å². The number of halogens is 5. The molecule has 5 N–H and O–H groups in total. The normalized spacial score (nSPS) is 18.8. The summed E-state index contributed by atoms with van der Waals surface area (Å²) in [5, 5.41) is 25.0. The van der Waals surface area contributed by atoms with Crippen LogP contribution in [0.5, 0.6) is 23.0 Å². The maximum Gasteiger partial charge on any atom is 0.380 e. The fourth-order valence-electron chi connectivity index (χ4n) is 7.45. The van der Waals surface area contributed by atoms with Gasteiger partial charge in [-0.05, 0) is 112 Å². The number of carbonyl (C=O) groups is 1. The van der Waals surface area contributed by atoms with E-state index in [9.17, 15) is 19.4 Å². The number of furan rings is 1. The molecule has 2 fully saturated rings. The minimum Gasteiger partial charge on any atom is -0.486 e. The molecule has 0 spiro atoms. The average molecular weight is 857 g/mol. The molecule has 4 aliphatic heterocycles. The highest BCUT2D eigenvalue weighted by Crippen LogP contribution is 2.41. The first-order valence-electron chi connectivity index (χ1n) is 19.0. The van der Waals surface area contributed by atoms with Crippen molar-refractivity contribution in [2.75, 3.05) is 65.7 Å². The lowest BCUT2D eigenvalue weighted by Crippen LogP contribution is -2.50. The second-order valence-corrected chi connectivity index (χ2v) is 15.4. The number of likely N-dealkylation sites (tertiary alicyclic amines) is 2. The smallest absolute Gasteiger partial charge is 0.380 e. The maximum atomic E-state index is 15.2. The molecule has 58 heavy (non-hydrogen) atoms. The Labute approximate surface area is 346 Å². The van der Waals surface area contributed by atoms with Crippen molar-refractivity contribution < 1.29 is 53.0 Å². The molecule has 4 aromatic rings. The molecule has 5 heterocycles. The van der Waals surface area contributed by atoms with E-state index in [1.54, 1.807) is 12.1 Å². The average Bonchev–Trinajstić information content (AvgIpc) is 4.01. The van der Waals surface area contributed by atoms with Crippen molar-refractivity contribution in [1.82, 2.24) is 15.1 Å². The summed E-state index contributed by atoms with van der Waals surface area (Å²) in [4.78, 5) is 17.1. The van der Waals surface area contributed by atoms with Gasteiger partial charge >= 0.3 is 5.92 Å². The molecule has 17 heteroatoms. The van der Waals surface area contributed by atoms with Gasteiger partial charge in [0.2, 0.25) is 0 Å². The van der Waals surface area contributed by atoms with Gasteiger partial charge in [0.15, 0.2) is 34.6 Å². The van der Waals surface area contributed by atoms with Crippen molar-refractivity contribution in [3.63, 3.8) is 0 Å². The van der Waals surface area contributed by atoms with Gasteiger partial charge in [0.05, 0.1) is 17.2 Å². The molecule has 1 aromatic heterocycles. The number of hydrogen-bond donors (Lipinski definition) is 4. The first kappa shape index (κ1) is 43.6. The number of aliphatic hydroxyl groups is 2. The first-order valence-corrected chi connectivity index (χ1v) is 19.8. The van der Waals surface area contributed by atoms with Gasteiger partial charge in [0.25, 0.3) is 5.91 Å². The molecule has 8 rings (SSSR count). The lowest BCUT2D eigenvalue weighted by atomic mass is 10.00. The van der Waals surface area contributed by atoms with Crippen LogP contribution >= 0.6 is 23.2 Å².